The Morgan fingerprint density at radius 1 is 1.12 bits per heavy atom. The van der Waals surface area contributed by atoms with E-state index in [0.29, 0.717) is 32.5 Å². The number of carboxylic acid groups (broad SMARTS) is 1. The number of carboxylic acids is 1. The fourth-order valence-electron chi connectivity index (χ4n) is 3.45. The van der Waals surface area contributed by atoms with E-state index in [-0.39, 0.29) is 29.5 Å². The lowest BCUT2D eigenvalue weighted by molar-refractivity contribution is 0.0691. The Morgan fingerprint density at radius 2 is 1.91 bits per heavy atom. The fraction of sp³-hybridized carbons (Fsp3) is 0.0455. The Morgan fingerprint density at radius 3 is 2.64 bits per heavy atom. The number of hydrogen-bond donors (Lipinski definition) is 2. The van der Waals surface area contributed by atoms with Crippen LogP contribution in [-0.2, 0) is 6.54 Å². The molecule has 2 N–H and O–H groups in total. The molecule has 0 unspecified atom stereocenters. The summed E-state index contributed by atoms with van der Waals surface area (Å²) in [7, 11) is 0. The Balaban J connectivity index is 1.62. The second-order valence-electron chi connectivity index (χ2n) is 6.99. The number of rotatable bonds is 4. The average molecular weight is 484 g/mol. The molecule has 164 valence electrons. The van der Waals surface area contributed by atoms with Crippen molar-refractivity contribution in [3.63, 3.8) is 0 Å². The van der Waals surface area contributed by atoms with E-state index < -0.39 is 17.6 Å². The Hall–Kier alpha value is -3.76. The maximum atomic E-state index is 14.6. The van der Waals surface area contributed by atoms with Crippen molar-refractivity contribution in [2.75, 3.05) is 5.32 Å². The van der Waals surface area contributed by atoms with Crippen molar-refractivity contribution in [1.82, 2.24) is 15.0 Å². The predicted octanol–water partition coefficient (Wildman–Crippen LogP) is 5.32. The zero-order valence-electron chi connectivity index (χ0n) is 16.5. The monoisotopic (exact) mass is 483 g/mol. The number of halogens is 3. The number of thiazole rings is 1. The minimum Gasteiger partial charge on any atom is -0.476 e. The SMILES string of the molecule is O=C(O)c1csc(Nc2ncc3c(n2)-c2ccc(Cl)cc2C(c2c(F)cccc2F)=NC3)n1. The first-order valence-electron chi connectivity index (χ1n) is 9.51. The van der Waals surface area contributed by atoms with Crippen molar-refractivity contribution >= 4 is 45.7 Å². The van der Waals surface area contributed by atoms with Gasteiger partial charge in [0.15, 0.2) is 10.8 Å². The Labute approximate surface area is 194 Å². The molecule has 0 saturated heterocycles. The van der Waals surface area contributed by atoms with Crippen molar-refractivity contribution in [3.05, 3.63) is 87.0 Å². The van der Waals surface area contributed by atoms with Gasteiger partial charge in [-0.3, -0.25) is 4.99 Å². The van der Waals surface area contributed by atoms with Crippen LogP contribution in [0.3, 0.4) is 0 Å². The van der Waals surface area contributed by atoms with Gasteiger partial charge in [0.05, 0.1) is 23.5 Å². The van der Waals surface area contributed by atoms with Gasteiger partial charge in [-0.15, -0.1) is 11.3 Å². The largest absolute Gasteiger partial charge is 0.476 e. The highest BCUT2D eigenvalue weighted by Crippen LogP contribution is 2.34. The van der Waals surface area contributed by atoms with Crippen LogP contribution in [0.15, 0.2) is 53.0 Å². The third kappa shape index (κ3) is 3.94. The molecule has 33 heavy (non-hydrogen) atoms. The molecule has 3 heterocycles. The molecule has 0 saturated carbocycles. The van der Waals surface area contributed by atoms with Gasteiger partial charge >= 0.3 is 5.97 Å². The highest BCUT2D eigenvalue weighted by Gasteiger charge is 2.25. The van der Waals surface area contributed by atoms with E-state index in [2.05, 4.69) is 25.3 Å². The van der Waals surface area contributed by atoms with Crippen LogP contribution in [0.4, 0.5) is 19.9 Å². The molecule has 2 aromatic carbocycles. The van der Waals surface area contributed by atoms with E-state index in [1.165, 1.54) is 23.6 Å². The fourth-order valence-corrected chi connectivity index (χ4v) is 4.30. The molecule has 11 heteroatoms. The van der Waals surface area contributed by atoms with Crippen LogP contribution < -0.4 is 5.32 Å². The summed E-state index contributed by atoms with van der Waals surface area (Å²) in [4.78, 5) is 28.3. The second-order valence-corrected chi connectivity index (χ2v) is 8.28. The molecule has 0 amide bonds. The molecule has 4 aromatic rings. The van der Waals surface area contributed by atoms with Crippen LogP contribution >= 0.6 is 22.9 Å². The number of carbonyl (C=O) groups is 1. The maximum Gasteiger partial charge on any atom is 0.355 e. The van der Waals surface area contributed by atoms with Gasteiger partial charge in [-0.2, -0.15) is 0 Å². The molecule has 0 fully saturated rings. The number of aromatic carboxylic acids is 1. The van der Waals surface area contributed by atoms with Crippen molar-refractivity contribution < 1.29 is 18.7 Å². The molecule has 0 spiro atoms. The first-order chi connectivity index (χ1) is 15.9. The summed E-state index contributed by atoms with van der Waals surface area (Å²) in [6, 6.07) is 8.58. The predicted molar refractivity (Wildman–Crippen MR) is 121 cm³/mol. The van der Waals surface area contributed by atoms with E-state index in [9.17, 15) is 13.6 Å². The number of nitrogens with one attached hydrogen (secondary N) is 1. The van der Waals surface area contributed by atoms with Gasteiger partial charge in [0, 0.05) is 33.3 Å². The van der Waals surface area contributed by atoms with Gasteiger partial charge < -0.3 is 10.4 Å². The quantitative estimate of drug-likeness (QED) is 0.407. The van der Waals surface area contributed by atoms with Gasteiger partial charge in [0.2, 0.25) is 5.95 Å². The van der Waals surface area contributed by atoms with Crippen LogP contribution in [0, 0.1) is 11.6 Å². The summed E-state index contributed by atoms with van der Waals surface area (Å²) < 4.78 is 29.2. The van der Waals surface area contributed by atoms with Gasteiger partial charge in [0.1, 0.15) is 11.6 Å². The van der Waals surface area contributed by atoms with Crippen LogP contribution in [0.2, 0.25) is 5.02 Å². The summed E-state index contributed by atoms with van der Waals surface area (Å²) in [6.07, 6.45) is 1.55. The van der Waals surface area contributed by atoms with Crippen molar-refractivity contribution in [2.45, 2.75) is 6.54 Å². The first-order valence-corrected chi connectivity index (χ1v) is 10.8. The highest BCUT2D eigenvalue weighted by atomic mass is 35.5. The summed E-state index contributed by atoms with van der Waals surface area (Å²) in [5, 5.41) is 14.0. The number of aromatic nitrogens is 3. The topological polar surface area (TPSA) is 100 Å². The zero-order chi connectivity index (χ0) is 23.1. The molecule has 1 aliphatic rings. The van der Waals surface area contributed by atoms with Crippen molar-refractivity contribution in [2.24, 2.45) is 4.99 Å². The molecule has 2 aromatic heterocycles. The molecule has 5 rings (SSSR count). The normalized spacial score (nSPS) is 12.4. The third-order valence-electron chi connectivity index (χ3n) is 4.91. The average Bonchev–Trinajstić information content (AvgIpc) is 3.19. The summed E-state index contributed by atoms with van der Waals surface area (Å²) >= 11 is 7.31. The van der Waals surface area contributed by atoms with Crippen LogP contribution in [0.1, 0.15) is 27.2 Å². The molecular formula is C22H12ClF2N5O2S. The van der Waals surface area contributed by atoms with Gasteiger partial charge in [-0.25, -0.2) is 28.5 Å². The molecular weight excluding hydrogens is 472 g/mol. The van der Waals surface area contributed by atoms with E-state index in [1.807, 2.05) is 0 Å². The van der Waals surface area contributed by atoms with E-state index in [4.69, 9.17) is 16.7 Å². The van der Waals surface area contributed by atoms with Gasteiger partial charge in [-0.1, -0.05) is 23.7 Å². The molecule has 0 aliphatic carbocycles. The number of benzene rings is 2. The van der Waals surface area contributed by atoms with Gasteiger partial charge in [-0.05, 0) is 24.3 Å². The summed E-state index contributed by atoms with van der Waals surface area (Å²) in [5.41, 5.74) is 1.93. The van der Waals surface area contributed by atoms with Crippen LogP contribution in [0.5, 0.6) is 0 Å². The van der Waals surface area contributed by atoms with Crippen molar-refractivity contribution in [1.29, 1.82) is 0 Å². The number of hydrogen-bond acceptors (Lipinski definition) is 7. The third-order valence-corrected chi connectivity index (χ3v) is 5.90. The first kappa shape index (κ1) is 21.1. The van der Waals surface area contributed by atoms with Crippen molar-refractivity contribution in [3.8, 4) is 11.3 Å². The summed E-state index contributed by atoms with van der Waals surface area (Å²) in [6.45, 7) is 0.0887. The minimum atomic E-state index is -1.14. The lowest BCUT2D eigenvalue weighted by Gasteiger charge is -2.13. The second kappa shape index (κ2) is 8.30. The molecule has 1 aliphatic heterocycles. The molecule has 0 bridgehead atoms. The van der Waals surface area contributed by atoms with Crippen LogP contribution in [-0.4, -0.2) is 31.7 Å². The number of fused-ring (bicyclic) bond motifs is 3. The maximum absolute atomic E-state index is 14.6. The summed E-state index contributed by atoms with van der Waals surface area (Å²) in [5.74, 6) is -2.44. The minimum absolute atomic E-state index is 0.0887. The number of aliphatic imine (C=N–C) groups is 1. The Kier molecular flexibility index (Phi) is 5.31. The van der Waals surface area contributed by atoms with Crippen LogP contribution in [0.25, 0.3) is 11.3 Å². The number of nitrogens with zero attached hydrogens (tertiary/aromatic N) is 4. The number of anilines is 2. The van der Waals surface area contributed by atoms with Gasteiger partial charge in [0.25, 0.3) is 0 Å². The highest BCUT2D eigenvalue weighted by molar-refractivity contribution is 7.14. The standard InChI is InChI=1S/C22H12ClF2N5O2S/c23-11-4-5-12-13(6-11)19(17-14(24)2-1-3-15(17)25)26-7-10-8-27-21(29-18(10)12)30-22-28-16(9-33-22)20(31)32/h1-6,8-9H,7H2,(H,31,32)(H,27,28,29,30). The zero-order valence-corrected chi connectivity index (χ0v) is 18.1. The smallest absolute Gasteiger partial charge is 0.355 e. The lowest BCUT2D eigenvalue weighted by Crippen LogP contribution is -2.10. The molecule has 0 atom stereocenters. The Bertz CT molecular complexity index is 1440. The molecule has 7 nitrogen and oxygen atoms in total. The van der Waals surface area contributed by atoms with E-state index in [0.717, 1.165) is 11.3 Å². The van der Waals surface area contributed by atoms with E-state index >= 15 is 0 Å². The van der Waals surface area contributed by atoms with E-state index in [1.54, 1.807) is 24.4 Å². The lowest BCUT2D eigenvalue weighted by atomic mass is 9.95. The molecule has 0 radical (unpaired) electrons.